The number of benzene rings is 3. The molecule has 29 heavy (non-hydrogen) atoms. The summed E-state index contributed by atoms with van der Waals surface area (Å²) in [7, 11) is 0. The van der Waals surface area contributed by atoms with Crippen molar-refractivity contribution < 1.29 is 23.5 Å². The first kappa shape index (κ1) is 20.6. The average molecular weight is 413 g/mol. The van der Waals surface area contributed by atoms with Crippen LogP contribution in [0, 0.1) is 12.7 Å². The van der Waals surface area contributed by atoms with Gasteiger partial charge in [0, 0.05) is 16.1 Å². The molecular weight excluding hydrogens is 395 g/mol. The zero-order valence-electron chi connectivity index (χ0n) is 15.8. The van der Waals surface area contributed by atoms with Crippen LogP contribution in [-0.2, 0) is 4.79 Å². The highest BCUT2D eigenvalue weighted by Crippen LogP contribution is 2.23. The summed E-state index contributed by atoms with van der Waals surface area (Å²) < 4.78 is 24.0. The first-order chi connectivity index (χ1) is 13.8. The van der Waals surface area contributed by atoms with Gasteiger partial charge in [-0.05, 0) is 86.1 Å². The molecule has 4 nitrogen and oxygen atoms in total. The molecule has 3 aromatic rings. The minimum Gasteiger partial charge on any atom is -0.479 e. The van der Waals surface area contributed by atoms with Crippen molar-refractivity contribution in [2.75, 3.05) is 0 Å². The van der Waals surface area contributed by atoms with Gasteiger partial charge in [0.25, 0.3) is 0 Å². The van der Waals surface area contributed by atoms with E-state index in [1.807, 2.05) is 6.92 Å². The second-order valence-corrected chi connectivity index (χ2v) is 6.89. The van der Waals surface area contributed by atoms with Crippen molar-refractivity contribution >= 4 is 23.4 Å². The lowest BCUT2D eigenvalue weighted by atomic mass is 10.0. The Morgan fingerprint density at radius 2 is 1.52 bits per heavy atom. The van der Waals surface area contributed by atoms with Crippen LogP contribution >= 0.6 is 11.6 Å². The summed E-state index contributed by atoms with van der Waals surface area (Å²) in [4.78, 5) is 24.7. The molecule has 0 radical (unpaired) electrons. The Labute approximate surface area is 172 Å². The van der Waals surface area contributed by atoms with Crippen molar-refractivity contribution in [3.05, 3.63) is 94.3 Å². The minimum absolute atomic E-state index is 0.252. The summed E-state index contributed by atoms with van der Waals surface area (Å²) in [5, 5.41) is 0.584. The van der Waals surface area contributed by atoms with Crippen molar-refractivity contribution in [2.24, 2.45) is 0 Å². The van der Waals surface area contributed by atoms with Crippen molar-refractivity contribution in [1.29, 1.82) is 0 Å². The summed E-state index contributed by atoms with van der Waals surface area (Å²) in [5.41, 5.74) is 1.58. The molecular formula is C23H18ClFO4. The van der Waals surface area contributed by atoms with Crippen LogP contribution in [0.4, 0.5) is 4.39 Å². The molecule has 0 heterocycles. The van der Waals surface area contributed by atoms with Gasteiger partial charge in [-0.15, -0.1) is 0 Å². The normalized spacial score (nSPS) is 11.6. The van der Waals surface area contributed by atoms with Gasteiger partial charge in [0.1, 0.15) is 17.3 Å². The topological polar surface area (TPSA) is 52.6 Å². The molecule has 0 saturated carbocycles. The molecule has 0 N–H and O–H groups in total. The van der Waals surface area contributed by atoms with Crippen LogP contribution in [0.25, 0.3) is 0 Å². The molecule has 1 atom stereocenters. The number of hydrogen-bond acceptors (Lipinski definition) is 4. The van der Waals surface area contributed by atoms with Crippen LogP contribution in [0.2, 0.25) is 5.02 Å². The van der Waals surface area contributed by atoms with Crippen LogP contribution in [0.15, 0.2) is 66.7 Å². The fourth-order valence-electron chi connectivity index (χ4n) is 2.63. The number of aryl methyl sites for hydroxylation is 1. The van der Waals surface area contributed by atoms with Gasteiger partial charge in [0.05, 0.1) is 0 Å². The van der Waals surface area contributed by atoms with E-state index < -0.39 is 17.9 Å². The molecule has 0 saturated heterocycles. The van der Waals surface area contributed by atoms with E-state index >= 15 is 0 Å². The van der Waals surface area contributed by atoms with Gasteiger partial charge >= 0.3 is 5.97 Å². The molecule has 3 rings (SSSR count). The molecule has 1 unspecified atom stereocenters. The van der Waals surface area contributed by atoms with Crippen molar-refractivity contribution in [3.63, 3.8) is 0 Å². The maximum atomic E-state index is 13.0. The van der Waals surface area contributed by atoms with Gasteiger partial charge in [-0.3, -0.25) is 4.79 Å². The largest absolute Gasteiger partial charge is 0.479 e. The summed E-state index contributed by atoms with van der Waals surface area (Å²) in [5.74, 6) is -0.406. The number of carbonyl (C=O) groups is 2. The van der Waals surface area contributed by atoms with Gasteiger partial charge in [0.2, 0.25) is 0 Å². The summed E-state index contributed by atoms with van der Waals surface area (Å²) >= 11 is 5.92. The van der Waals surface area contributed by atoms with Crippen molar-refractivity contribution in [1.82, 2.24) is 0 Å². The average Bonchev–Trinajstić information content (AvgIpc) is 2.70. The maximum absolute atomic E-state index is 13.0. The summed E-state index contributed by atoms with van der Waals surface area (Å²) in [6, 6.07) is 16.5. The predicted molar refractivity (Wildman–Crippen MR) is 108 cm³/mol. The van der Waals surface area contributed by atoms with Crippen LogP contribution < -0.4 is 9.47 Å². The molecule has 0 aromatic heterocycles. The van der Waals surface area contributed by atoms with E-state index in [0.717, 1.165) is 5.56 Å². The first-order valence-electron chi connectivity index (χ1n) is 8.88. The minimum atomic E-state index is -0.838. The third-order valence-electron chi connectivity index (χ3n) is 4.21. The molecule has 0 aliphatic heterocycles. The van der Waals surface area contributed by atoms with Gasteiger partial charge in [-0.25, -0.2) is 9.18 Å². The summed E-state index contributed by atoms with van der Waals surface area (Å²) in [6.07, 6.45) is -0.838. The number of ketones is 1. The third-order valence-corrected chi connectivity index (χ3v) is 4.45. The number of hydrogen-bond donors (Lipinski definition) is 0. The zero-order chi connectivity index (χ0) is 21.0. The number of esters is 1. The van der Waals surface area contributed by atoms with E-state index in [0.29, 0.717) is 21.9 Å². The van der Waals surface area contributed by atoms with E-state index in [2.05, 4.69) is 0 Å². The molecule has 0 bridgehead atoms. The van der Waals surface area contributed by atoms with Crippen molar-refractivity contribution in [3.8, 4) is 11.5 Å². The fourth-order valence-corrected chi connectivity index (χ4v) is 2.85. The second-order valence-electron chi connectivity index (χ2n) is 6.45. The smallest absolute Gasteiger partial charge is 0.352 e. The molecule has 3 aromatic carbocycles. The van der Waals surface area contributed by atoms with Gasteiger partial charge < -0.3 is 9.47 Å². The molecule has 0 spiro atoms. The Balaban J connectivity index is 1.63. The number of rotatable bonds is 6. The Morgan fingerprint density at radius 3 is 2.10 bits per heavy atom. The molecule has 0 aliphatic carbocycles. The SMILES string of the molecule is Cc1cc(Cl)ccc1OC(C)C(=O)Oc1ccc(C(=O)c2ccc(F)cc2)cc1. The maximum Gasteiger partial charge on any atom is 0.352 e. The lowest BCUT2D eigenvalue weighted by Crippen LogP contribution is -2.28. The predicted octanol–water partition coefficient (Wildman–Crippen LogP) is 5.39. The van der Waals surface area contributed by atoms with Crippen LogP contribution in [0.5, 0.6) is 11.5 Å². The number of ether oxygens (including phenoxy) is 2. The van der Waals surface area contributed by atoms with Crippen molar-refractivity contribution in [2.45, 2.75) is 20.0 Å². The molecule has 0 amide bonds. The second kappa shape index (κ2) is 8.88. The van der Waals surface area contributed by atoms with Gasteiger partial charge in [0.15, 0.2) is 11.9 Å². The van der Waals surface area contributed by atoms with Gasteiger partial charge in [-0.1, -0.05) is 11.6 Å². The Kier molecular flexibility index (Phi) is 6.29. The third kappa shape index (κ3) is 5.21. The molecule has 6 heteroatoms. The lowest BCUT2D eigenvalue weighted by Gasteiger charge is -2.15. The Hall–Kier alpha value is -3.18. The Bertz CT molecular complexity index is 1030. The fraction of sp³-hybridized carbons (Fsp3) is 0.130. The quantitative estimate of drug-likeness (QED) is 0.309. The highest BCUT2D eigenvalue weighted by atomic mass is 35.5. The van der Waals surface area contributed by atoms with E-state index in [4.69, 9.17) is 21.1 Å². The summed E-state index contributed by atoms with van der Waals surface area (Å²) in [6.45, 7) is 3.42. The zero-order valence-corrected chi connectivity index (χ0v) is 16.6. The van der Waals surface area contributed by atoms with Crippen LogP contribution in [-0.4, -0.2) is 17.9 Å². The molecule has 0 aliphatic rings. The highest BCUT2D eigenvalue weighted by Gasteiger charge is 2.19. The number of halogens is 2. The first-order valence-corrected chi connectivity index (χ1v) is 9.26. The lowest BCUT2D eigenvalue weighted by molar-refractivity contribution is -0.141. The molecule has 148 valence electrons. The van der Waals surface area contributed by atoms with Crippen LogP contribution in [0.1, 0.15) is 28.4 Å². The monoisotopic (exact) mass is 412 g/mol. The highest BCUT2D eigenvalue weighted by molar-refractivity contribution is 6.30. The van der Waals surface area contributed by atoms with Gasteiger partial charge in [-0.2, -0.15) is 0 Å². The number of carbonyl (C=O) groups excluding carboxylic acids is 2. The van der Waals surface area contributed by atoms with Crippen LogP contribution in [0.3, 0.4) is 0 Å². The van der Waals surface area contributed by atoms with E-state index in [1.54, 1.807) is 37.3 Å². The van der Waals surface area contributed by atoms with E-state index in [-0.39, 0.29) is 11.5 Å². The van der Waals surface area contributed by atoms with E-state index in [1.165, 1.54) is 36.4 Å². The standard InChI is InChI=1S/C23H18ClFO4/c1-14-13-18(24)7-12-21(14)28-15(2)23(27)29-20-10-5-17(6-11-20)22(26)16-3-8-19(25)9-4-16/h3-13,15H,1-2H3. The van der Waals surface area contributed by atoms with E-state index in [9.17, 15) is 14.0 Å². The Morgan fingerprint density at radius 1 is 0.931 bits per heavy atom. The molecule has 0 fully saturated rings.